The smallest absolute Gasteiger partial charge is 0.189 e. The zero-order valence-electron chi connectivity index (χ0n) is 11.5. The van der Waals surface area contributed by atoms with Gasteiger partial charge in [-0.2, -0.15) is 0 Å². The number of ether oxygens (including phenoxy) is 1. The van der Waals surface area contributed by atoms with Gasteiger partial charge in [-0.05, 0) is 18.1 Å². The van der Waals surface area contributed by atoms with Crippen molar-refractivity contribution in [1.29, 1.82) is 0 Å². The van der Waals surface area contributed by atoms with E-state index in [2.05, 4.69) is 40.4 Å². The van der Waals surface area contributed by atoms with E-state index in [1.165, 1.54) is 0 Å². The van der Waals surface area contributed by atoms with Crippen LogP contribution in [0.1, 0.15) is 25.5 Å². The van der Waals surface area contributed by atoms with Crippen LogP contribution in [0.5, 0.6) is 5.75 Å². The number of benzene rings is 1. The second-order valence-electron chi connectivity index (χ2n) is 4.77. The first-order valence-electron chi connectivity index (χ1n) is 6.36. The number of hydrogen-bond donors (Lipinski definition) is 0. The predicted molar refractivity (Wildman–Crippen MR) is 80.1 cm³/mol. The van der Waals surface area contributed by atoms with Crippen LogP contribution in [0.4, 0.5) is 0 Å². The number of methoxy groups -OCH3 is 1. The highest BCUT2D eigenvalue weighted by atomic mass is 32.1. The highest BCUT2D eigenvalue weighted by Gasteiger charge is 2.11. The van der Waals surface area contributed by atoms with Gasteiger partial charge in [0.05, 0.1) is 18.3 Å². The SMILES string of the molecule is COc1ccc2[c]nc(-c3nc(C(C)C)cs3)nc2c1. The van der Waals surface area contributed by atoms with Crippen molar-refractivity contribution in [3.8, 4) is 16.6 Å². The highest BCUT2D eigenvalue weighted by Crippen LogP contribution is 2.26. The molecule has 2 aromatic heterocycles. The molecule has 3 rings (SSSR count). The molecule has 2 heterocycles. The average molecular weight is 284 g/mol. The number of fused-ring (bicyclic) bond motifs is 1. The average Bonchev–Trinajstić information content (AvgIpc) is 2.96. The van der Waals surface area contributed by atoms with Gasteiger partial charge in [-0.25, -0.2) is 15.0 Å². The van der Waals surface area contributed by atoms with Gasteiger partial charge in [-0.1, -0.05) is 13.8 Å². The van der Waals surface area contributed by atoms with Crippen LogP contribution in [0, 0.1) is 6.20 Å². The van der Waals surface area contributed by atoms with Gasteiger partial charge < -0.3 is 4.74 Å². The summed E-state index contributed by atoms with van der Waals surface area (Å²) in [5.41, 5.74) is 1.88. The Labute approximate surface area is 121 Å². The first-order chi connectivity index (χ1) is 9.67. The molecule has 0 aliphatic carbocycles. The molecule has 0 bridgehead atoms. The van der Waals surface area contributed by atoms with E-state index in [9.17, 15) is 0 Å². The first kappa shape index (κ1) is 13.0. The third-order valence-corrected chi connectivity index (χ3v) is 3.87. The lowest BCUT2D eigenvalue weighted by atomic mass is 10.2. The summed E-state index contributed by atoms with van der Waals surface area (Å²) in [5, 5.41) is 3.75. The van der Waals surface area contributed by atoms with Crippen molar-refractivity contribution in [3.63, 3.8) is 0 Å². The van der Waals surface area contributed by atoms with E-state index in [1.54, 1.807) is 18.4 Å². The molecule has 5 heteroatoms. The molecular weight excluding hydrogens is 270 g/mol. The summed E-state index contributed by atoms with van der Waals surface area (Å²) in [6.45, 7) is 4.24. The molecule has 0 saturated heterocycles. The summed E-state index contributed by atoms with van der Waals surface area (Å²) in [7, 11) is 1.64. The van der Waals surface area contributed by atoms with Crippen LogP contribution in [-0.2, 0) is 0 Å². The van der Waals surface area contributed by atoms with E-state index in [1.807, 2.05) is 18.2 Å². The zero-order valence-corrected chi connectivity index (χ0v) is 12.4. The Kier molecular flexibility index (Phi) is 3.36. The third kappa shape index (κ3) is 2.36. The minimum atomic E-state index is 0.407. The van der Waals surface area contributed by atoms with Gasteiger partial charge in [0.25, 0.3) is 0 Å². The van der Waals surface area contributed by atoms with Crippen molar-refractivity contribution in [2.45, 2.75) is 19.8 Å². The van der Waals surface area contributed by atoms with E-state index < -0.39 is 0 Å². The summed E-state index contributed by atoms with van der Waals surface area (Å²) in [5.74, 6) is 1.80. The molecule has 0 aliphatic rings. The van der Waals surface area contributed by atoms with Crippen molar-refractivity contribution in [1.82, 2.24) is 15.0 Å². The molecule has 0 amide bonds. The molecule has 0 fully saturated rings. The van der Waals surface area contributed by atoms with Crippen LogP contribution in [-0.4, -0.2) is 22.1 Å². The Hall–Kier alpha value is -2.01. The molecule has 1 aromatic carbocycles. The maximum absolute atomic E-state index is 5.22. The number of aromatic nitrogens is 3. The Morgan fingerprint density at radius 1 is 1.25 bits per heavy atom. The summed E-state index contributed by atoms with van der Waals surface area (Å²) in [4.78, 5) is 13.4. The summed E-state index contributed by atoms with van der Waals surface area (Å²) < 4.78 is 5.22. The molecule has 0 unspecified atom stereocenters. The van der Waals surface area contributed by atoms with Crippen molar-refractivity contribution in [3.05, 3.63) is 35.5 Å². The van der Waals surface area contributed by atoms with Crippen LogP contribution < -0.4 is 4.74 Å². The maximum atomic E-state index is 5.22. The van der Waals surface area contributed by atoms with Gasteiger partial charge in [0.1, 0.15) is 11.9 Å². The van der Waals surface area contributed by atoms with E-state index >= 15 is 0 Å². The lowest BCUT2D eigenvalue weighted by Crippen LogP contribution is -1.92. The van der Waals surface area contributed by atoms with Gasteiger partial charge >= 0.3 is 0 Å². The minimum absolute atomic E-state index is 0.407. The van der Waals surface area contributed by atoms with Gasteiger partial charge in [-0.3, -0.25) is 0 Å². The lowest BCUT2D eigenvalue weighted by molar-refractivity contribution is 0.415. The molecular formula is C15H14N3OS. The number of nitrogens with zero attached hydrogens (tertiary/aromatic N) is 3. The fourth-order valence-electron chi connectivity index (χ4n) is 1.83. The standard InChI is InChI=1S/C15H14N3OS/c1-9(2)13-8-20-15(18-13)14-16-7-10-4-5-11(19-3)6-12(10)17-14/h4-6,8-9H,1-3H3. The molecule has 4 nitrogen and oxygen atoms in total. The van der Waals surface area contributed by atoms with Crippen LogP contribution >= 0.6 is 11.3 Å². The van der Waals surface area contributed by atoms with Crippen molar-refractivity contribution >= 4 is 22.2 Å². The Bertz CT molecular complexity index is 752. The van der Waals surface area contributed by atoms with E-state index in [0.29, 0.717) is 11.7 Å². The Morgan fingerprint density at radius 3 is 2.80 bits per heavy atom. The molecule has 0 atom stereocenters. The third-order valence-electron chi connectivity index (χ3n) is 3.02. The maximum Gasteiger partial charge on any atom is 0.189 e. The second kappa shape index (κ2) is 5.17. The van der Waals surface area contributed by atoms with Gasteiger partial charge in [0.2, 0.25) is 0 Å². The van der Waals surface area contributed by atoms with Gasteiger partial charge in [0.15, 0.2) is 10.8 Å². The molecule has 0 saturated carbocycles. The lowest BCUT2D eigenvalue weighted by Gasteiger charge is -2.02. The highest BCUT2D eigenvalue weighted by molar-refractivity contribution is 7.13. The van der Waals surface area contributed by atoms with E-state index in [-0.39, 0.29) is 0 Å². The number of thiazole rings is 1. The minimum Gasteiger partial charge on any atom is -0.497 e. The van der Waals surface area contributed by atoms with Crippen molar-refractivity contribution in [2.75, 3.05) is 7.11 Å². The van der Waals surface area contributed by atoms with Crippen LogP contribution in [0.2, 0.25) is 0 Å². The number of hydrogen-bond acceptors (Lipinski definition) is 5. The fraction of sp³-hybridized carbons (Fsp3) is 0.267. The predicted octanol–water partition coefficient (Wildman–Crippen LogP) is 3.69. The molecule has 0 aliphatic heterocycles. The summed E-state index contributed by atoms with van der Waals surface area (Å²) in [6.07, 6.45) is 3.01. The quantitative estimate of drug-likeness (QED) is 0.736. The zero-order chi connectivity index (χ0) is 14.1. The second-order valence-corrected chi connectivity index (χ2v) is 5.63. The summed E-state index contributed by atoms with van der Waals surface area (Å²) in [6, 6.07) is 5.66. The van der Waals surface area contributed by atoms with Crippen molar-refractivity contribution in [2.24, 2.45) is 0 Å². The normalized spacial score (nSPS) is 11.2. The van der Waals surface area contributed by atoms with E-state index in [0.717, 1.165) is 27.4 Å². The van der Waals surface area contributed by atoms with Gasteiger partial charge in [0, 0.05) is 16.8 Å². The molecule has 20 heavy (non-hydrogen) atoms. The van der Waals surface area contributed by atoms with E-state index in [4.69, 9.17) is 4.74 Å². The molecule has 0 N–H and O–H groups in total. The number of rotatable bonds is 3. The largest absolute Gasteiger partial charge is 0.497 e. The van der Waals surface area contributed by atoms with Crippen LogP contribution in [0.15, 0.2) is 23.6 Å². The monoisotopic (exact) mass is 284 g/mol. The summed E-state index contributed by atoms with van der Waals surface area (Å²) >= 11 is 1.56. The van der Waals surface area contributed by atoms with Crippen molar-refractivity contribution < 1.29 is 4.74 Å². The van der Waals surface area contributed by atoms with Crippen LogP contribution in [0.25, 0.3) is 21.7 Å². The topological polar surface area (TPSA) is 47.9 Å². The Balaban J connectivity index is 2.06. The molecule has 0 spiro atoms. The molecule has 1 radical (unpaired) electrons. The molecule has 3 aromatic rings. The first-order valence-corrected chi connectivity index (χ1v) is 7.24. The Morgan fingerprint density at radius 2 is 2.10 bits per heavy atom. The van der Waals surface area contributed by atoms with Gasteiger partial charge in [-0.15, -0.1) is 11.3 Å². The molecule has 101 valence electrons. The fourth-order valence-corrected chi connectivity index (χ4v) is 2.74. The van der Waals surface area contributed by atoms with Crippen LogP contribution in [0.3, 0.4) is 0 Å².